The highest BCUT2D eigenvalue weighted by Gasteiger charge is 2.10. The Morgan fingerprint density at radius 3 is 2.72 bits per heavy atom. The largest absolute Gasteiger partial charge is 0.374 e. The maximum Gasteiger partial charge on any atom is 0.255 e. The second-order valence-corrected chi connectivity index (χ2v) is 6.29. The fourth-order valence-corrected chi connectivity index (χ4v) is 3.02. The Bertz CT molecular complexity index is 905. The highest BCUT2D eigenvalue weighted by Crippen LogP contribution is 2.22. The van der Waals surface area contributed by atoms with Crippen LogP contribution in [0.1, 0.15) is 29.3 Å². The number of benzene rings is 2. The quantitative estimate of drug-likeness (QED) is 0.740. The van der Waals surface area contributed by atoms with E-state index in [1.54, 1.807) is 6.20 Å². The van der Waals surface area contributed by atoms with E-state index in [4.69, 9.17) is 0 Å². The van der Waals surface area contributed by atoms with Crippen LogP contribution in [-0.4, -0.2) is 24.5 Å². The number of pyridine rings is 1. The van der Waals surface area contributed by atoms with Crippen molar-refractivity contribution >= 4 is 28.2 Å². The molecule has 1 heterocycles. The van der Waals surface area contributed by atoms with Crippen molar-refractivity contribution in [2.24, 2.45) is 0 Å². The first-order valence-corrected chi connectivity index (χ1v) is 8.56. The molecule has 0 unspecified atom stereocenters. The molecule has 0 saturated carbocycles. The van der Waals surface area contributed by atoms with E-state index in [0.29, 0.717) is 11.3 Å². The molecule has 4 heteroatoms. The van der Waals surface area contributed by atoms with Gasteiger partial charge in [0.15, 0.2) is 0 Å². The third-order valence-corrected chi connectivity index (χ3v) is 4.28. The van der Waals surface area contributed by atoms with Gasteiger partial charge in [-0.1, -0.05) is 25.1 Å². The number of aromatic nitrogens is 1. The number of anilines is 2. The zero-order valence-electron chi connectivity index (χ0n) is 14.9. The number of hydrogen-bond donors (Lipinski definition) is 1. The lowest BCUT2D eigenvalue weighted by atomic mass is 10.1. The van der Waals surface area contributed by atoms with Crippen molar-refractivity contribution in [2.45, 2.75) is 20.3 Å². The number of hydrogen-bond acceptors (Lipinski definition) is 3. The molecule has 25 heavy (non-hydrogen) atoms. The first-order chi connectivity index (χ1) is 12.1. The minimum atomic E-state index is -0.120. The topological polar surface area (TPSA) is 45.2 Å². The van der Waals surface area contributed by atoms with Gasteiger partial charge in [-0.2, -0.15) is 0 Å². The van der Waals surface area contributed by atoms with Gasteiger partial charge < -0.3 is 10.2 Å². The van der Waals surface area contributed by atoms with E-state index < -0.39 is 0 Å². The zero-order valence-corrected chi connectivity index (χ0v) is 14.9. The maximum absolute atomic E-state index is 12.6. The summed E-state index contributed by atoms with van der Waals surface area (Å²) in [6.45, 7) is 5.19. The number of carbonyl (C=O) groups excluding carboxylic acids is 1. The van der Waals surface area contributed by atoms with E-state index in [9.17, 15) is 4.79 Å². The molecule has 4 nitrogen and oxygen atoms in total. The lowest BCUT2D eigenvalue weighted by molar-refractivity contribution is 0.102. The second-order valence-electron chi connectivity index (χ2n) is 6.29. The molecule has 3 aromatic rings. The average molecular weight is 333 g/mol. The molecule has 1 N–H and O–H groups in total. The van der Waals surface area contributed by atoms with Crippen LogP contribution in [0.25, 0.3) is 10.9 Å². The van der Waals surface area contributed by atoms with Crippen LogP contribution in [0.4, 0.5) is 11.4 Å². The molecule has 2 aromatic carbocycles. The number of aryl methyl sites for hydroxylation is 1. The molecular weight excluding hydrogens is 310 g/mol. The normalized spacial score (nSPS) is 10.7. The van der Waals surface area contributed by atoms with Crippen LogP contribution in [0.5, 0.6) is 0 Å². The summed E-state index contributed by atoms with van der Waals surface area (Å²) in [5.41, 5.74) is 4.53. The van der Waals surface area contributed by atoms with Gasteiger partial charge in [-0.05, 0) is 49.2 Å². The lowest BCUT2D eigenvalue weighted by Gasteiger charge is -2.21. The van der Waals surface area contributed by atoms with Crippen LogP contribution in [-0.2, 0) is 0 Å². The zero-order chi connectivity index (χ0) is 17.8. The molecule has 0 aliphatic heterocycles. The van der Waals surface area contributed by atoms with E-state index in [1.165, 1.54) is 0 Å². The van der Waals surface area contributed by atoms with Crippen LogP contribution >= 0.6 is 0 Å². The molecule has 3 rings (SSSR count). The van der Waals surface area contributed by atoms with Gasteiger partial charge in [0.05, 0.1) is 17.4 Å². The van der Waals surface area contributed by atoms with E-state index in [1.807, 2.05) is 55.5 Å². The molecule has 0 aliphatic rings. The molecule has 1 aromatic heterocycles. The summed E-state index contributed by atoms with van der Waals surface area (Å²) >= 11 is 0. The Morgan fingerprint density at radius 1 is 1.16 bits per heavy atom. The highest BCUT2D eigenvalue weighted by molar-refractivity contribution is 6.05. The van der Waals surface area contributed by atoms with Gasteiger partial charge in [-0.15, -0.1) is 0 Å². The number of nitrogens with one attached hydrogen (secondary N) is 1. The fraction of sp³-hybridized carbons (Fsp3) is 0.238. The van der Waals surface area contributed by atoms with Crippen molar-refractivity contribution in [3.05, 3.63) is 65.9 Å². The van der Waals surface area contributed by atoms with Crippen LogP contribution in [0.15, 0.2) is 54.7 Å². The smallest absolute Gasteiger partial charge is 0.255 e. The summed E-state index contributed by atoms with van der Waals surface area (Å²) in [7, 11) is 2.08. The van der Waals surface area contributed by atoms with E-state index in [0.717, 1.165) is 35.1 Å². The fourth-order valence-electron chi connectivity index (χ4n) is 3.02. The second kappa shape index (κ2) is 7.34. The number of amides is 1. The van der Waals surface area contributed by atoms with Crippen molar-refractivity contribution in [3.8, 4) is 0 Å². The van der Waals surface area contributed by atoms with Crippen molar-refractivity contribution < 1.29 is 4.79 Å². The van der Waals surface area contributed by atoms with Crippen molar-refractivity contribution in [1.29, 1.82) is 0 Å². The van der Waals surface area contributed by atoms with E-state index in [-0.39, 0.29) is 5.91 Å². The predicted molar refractivity (Wildman–Crippen MR) is 104 cm³/mol. The van der Waals surface area contributed by atoms with Gasteiger partial charge >= 0.3 is 0 Å². The van der Waals surface area contributed by atoms with Crippen molar-refractivity contribution in [2.75, 3.05) is 23.8 Å². The summed E-state index contributed by atoms with van der Waals surface area (Å²) in [6, 6.07) is 15.6. The minimum Gasteiger partial charge on any atom is -0.374 e. The van der Waals surface area contributed by atoms with Crippen molar-refractivity contribution in [1.82, 2.24) is 4.98 Å². The Morgan fingerprint density at radius 2 is 1.96 bits per heavy atom. The Hall–Kier alpha value is -2.88. The number of carbonyl (C=O) groups is 1. The molecule has 0 aliphatic carbocycles. The Labute approximate surface area is 148 Å². The van der Waals surface area contributed by atoms with Gasteiger partial charge in [0.25, 0.3) is 5.91 Å². The number of rotatable bonds is 5. The first kappa shape index (κ1) is 17.0. The highest BCUT2D eigenvalue weighted by atomic mass is 16.1. The molecule has 128 valence electrons. The molecule has 0 saturated heterocycles. The summed E-state index contributed by atoms with van der Waals surface area (Å²) in [4.78, 5) is 19.2. The molecule has 0 radical (unpaired) electrons. The van der Waals surface area contributed by atoms with Crippen LogP contribution in [0.3, 0.4) is 0 Å². The van der Waals surface area contributed by atoms with Gasteiger partial charge in [0.1, 0.15) is 0 Å². The summed E-state index contributed by atoms with van der Waals surface area (Å²) in [5, 5.41) is 3.94. The Balaban J connectivity index is 1.79. The molecule has 0 spiro atoms. The third kappa shape index (κ3) is 3.79. The van der Waals surface area contributed by atoms with E-state index >= 15 is 0 Å². The minimum absolute atomic E-state index is 0.120. The van der Waals surface area contributed by atoms with Gasteiger partial charge in [0.2, 0.25) is 0 Å². The van der Waals surface area contributed by atoms with Crippen LogP contribution in [0, 0.1) is 6.92 Å². The van der Waals surface area contributed by atoms with Crippen molar-refractivity contribution in [3.63, 3.8) is 0 Å². The number of fused-ring (bicyclic) bond motifs is 1. The van der Waals surface area contributed by atoms with Crippen LogP contribution < -0.4 is 10.2 Å². The first-order valence-electron chi connectivity index (χ1n) is 8.56. The molecule has 0 atom stereocenters. The third-order valence-electron chi connectivity index (χ3n) is 4.28. The summed E-state index contributed by atoms with van der Waals surface area (Å²) < 4.78 is 0. The molecule has 0 fully saturated rings. The average Bonchev–Trinajstić information content (AvgIpc) is 2.61. The molecule has 0 bridgehead atoms. The lowest BCUT2D eigenvalue weighted by Crippen LogP contribution is -2.19. The van der Waals surface area contributed by atoms with E-state index in [2.05, 4.69) is 29.2 Å². The number of nitrogens with zero attached hydrogens (tertiary/aromatic N) is 2. The molecule has 1 amide bonds. The SMILES string of the molecule is CCCN(C)c1ccc(C(=O)Nc2cnc3ccccc3c2)cc1C. The molecular formula is C21H23N3O. The summed E-state index contributed by atoms with van der Waals surface area (Å²) in [5.74, 6) is -0.120. The van der Waals surface area contributed by atoms with Gasteiger partial charge in [-0.3, -0.25) is 9.78 Å². The van der Waals surface area contributed by atoms with Crippen LogP contribution in [0.2, 0.25) is 0 Å². The standard InChI is InChI=1S/C21H23N3O/c1-4-11-24(3)20-10-9-17(12-15(20)2)21(25)23-18-13-16-7-5-6-8-19(16)22-14-18/h5-10,12-14H,4,11H2,1-3H3,(H,23,25). The number of para-hydroxylation sites is 1. The maximum atomic E-state index is 12.6. The monoisotopic (exact) mass is 333 g/mol. The predicted octanol–water partition coefficient (Wildman–Crippen LogP) is 4.64. The van der Waals surface area contributed by atoms with Gasteiger partial charge in [-0.25, -0.2) is 0 Å². The van der Waals surface area contributed by atoms with Gasteiger partial charge in [0, 0.05) is 30.2 Å². The summed E-state index contributed by atoms with van der Waals surface area (Å²) in [6.07, 6.45) is 2.78. The Kier molecular flexibility index (Phi) is 4.98.